The summed E-state index contributed by atoms with van der Waals surface area (Å²) in [4.78, 5) is 15.0. The molecule has 2 aromatic rings. The van der Waals surface area contributed by atoms with Crippen LogP contribution < -0.4 is 4.74 Å². The van der Waals surface area contributed by atoms with Gasteiger partial charge in [-0.1, -0.05) is 22.9 Å². The summed E-state index contributed by atoms with van der Waals surface area (Å²) in [7, 11) is 0. The lowest BCUT2D eigenvalue weighted by atomic mass is 10.1. The third-order valence-corrected chi connectivity index (χ3v) is 3.73. The van der Waals surface area contributed by atoms with E-state index in [1.807, 2.05) is 13.8 Å². The first-order valence-electron chi connectivity index (χ1n) is 5.36. The number of carbonyl (C=O) groups is 1. The maximum Gasteiger partial charge on any atom is 0.280 e. The van der Waals surface area contributed by atoms with Crippen molar-refractivity contribution in [2.45, 2.75) is 13.8 Å². The largest absolute Gasteiger partial charge is 0.430 e. The first kappa shape index (κ1) is 13.5. The molecule has 0 saturated heterocycles. The number of nitriles is 1. The minimum absolute atomic E-state index is 0.138. The molecular weight excluding hydrogens is 284 g/mol. The van der Waals surface area contributed by atoms with E-state index in [9.17, 15) is 4.79 Å². The Morgan fingerprint density at radius 1 is 1.42 bits per heavy atom. The van der Waals surface area contributed by atoms with Gasteiger partial charge in [-0.25, -0.2) is 0 Å². The van der Waals surface area contributed by atoms with Gasteiger partial charge in [0.25, 0.3) is 5.19 Å². The van der Waals surface area contributed by atoms with E-state index in [4.69, 9.17) is 21.6 Å². The number of benzene rings is 1. The van der Waals surface area contributed by atoms with Gasteiger partial charge in [-0.2, -0.15) is 10.2 Å². The predicted octanol–water partition coefficient (Wildman–Crippen LogP) is 3.89. The van der Waals surface area contributed by atoms with E-state index >= 15 is 0 Å². The Kier molecular flexibility index (Phi) is 3.84. The molecule has 0 radical (unpaired) electrons. The van der Waals surface area contributed by atoms with Crippen molar-refractivity contribution in [3.63, 3.8) is 0 Å². The van der Waals surface area contributed by atoms with E-state index in [1.165, 1.54) is 0 Å². The zero-order valence-electron chi connectivity index (χ0n) is 10.2. The lowest BCUT2D eigenvalue weighted by Gasteiger charge is -2.09. The third kappa shape index (κ3) is 2.75. The molecule has 96 valence electrons. The maximum absolute atomic E-state index is 10.7. The molecule has 0 N–H and O–H groups in total. The Hall–Kier alpha value is -1.90. The van der Waals surface area contributed by atoms with Gasteiger partial charge in [0.15, 0.2) is 11.4 Å². The van der Waals surface area contributed by atoms with Gasteiger partial charge in [0.1, 0.15) is 10.6 Å². The van der Waals surface area contributed by atoms with Crippen LogP contribution in [0.4, 0.5) is 0 Å². The molecule has 0 amide bonds. The number of ether oxygens (including phenoxy) is 1. The summed E-state index contributed by atoms with van der Waals surface area (Å²) >= 11 is 6.87. The van der Waals surface area contributed by atoms with Gasteiger partial charge in [-0.15, -0.1) is 0 Å². The van der Waals surface area contributed by atoms with E-state index in [1.54, 1.807) is 12.1 Å². The fourth-order valence-electron chi connectivity index (χ4n) is 1.67. The molecule has 19 heavy (non-hydrogen) atoms. The third-order valence-electron chi connectivity index (χ3n) is 2.48. The van der Waals surface area contributed by atoms with Crippen LogP contribution in [0.3, 0.4) is 0 Å². The van der Waals surface area contributed by atoms with Crippen LogP contribution in [0, 0.1) is 25.2 Å². The minimum atomic E-state index is 0.138. The fourth-order valence-corrected chi connectivity index (χ4v) is 2.59. The molecule has 0 unspecified atom stereocenters. The Labute approximate surface area is 119 Å². The lowest BCUT2D eigenvalue weighted by Crippen LogP contribution is -1.92. The van der Waals surface area contributed by atoms with Crippen LogP contribution in [0.25, 0.3) is 0 Å². The molecule has 0 spiro atoms. The van der Waals surface area contributed by atoms with Crippen LogP contribution in [0.5, 0.6) is 10.9 Å². The molecule has 0 fully saturated rings. The van der Waals surface area contributed by atoms with E-state index in [-0.39, 0.29) is 5.15 Å². The molecule has 2 rings (SSSR count). The number of rotatable bonds is 3. The average Bonchev–Trinajstić information content (AvgIpc) is 2.73. The van der Waals surface area contributed by atoms with E-state index in [2.05, 4.69) is 11.1 Å². The van der Waals surface area contributed by atoms with Crippen LogP contribution in [-0.4, -0.2) is 11.3 Å². The van der Waals surface area contributed by atoms with Crippen LogP contribution in [-0.2, 0) is 0 Å². The normalized spacial score (nSPS) is 10.0. The summed E-state index contributed by atoms with van der Waals surface area (Å²) in [5.74, 6) is 0.627. The first-order chi connectivity index (χ1) is 9.05. The predicted molar refractivity (Wildman–Crippen MR) is 73.2 cm³/mol. The van der Waals surface area contributed by atoms with Gasteiger partial charge in [0.05, 0.1) is 11.6 Å². The highest BCUT2D eigenvalue weighted by atomic mass is 35.5. The number of nitrogens with zero attached hydrogens (tertiary/aromatic N) is 2. The van der Waals surface area contributed by atoms with Crippen LogP contribution in [0.15, 0.2) is 12.1 Å². The molecule has 0 saturated carbocycles. The van der Waals surface area contributed by atoms with Crippen molar-refractivity contribution in [3.05, 3.63) is 38.9 Å². The number of aryl methyl sites for hydroxylation is 2. The summed E-state index contributed by atoms with van der Waals surface area (Å²) in [5.41, 5.74) is 2.24. The summed E-state index contributed by atoms with van der Waals surface area (Å²) in [5, 5.41) is 9.33. The number of aromatic nitrogens is 1. The Morgan fingerprint density at radius 3 is 2.53 bits per heavy atom. The summed E-state index contributed by atoms with van der Waals surface area (Å²) in [6.45, 7) is 3.69. The van der Waals surface area contributed by atoms with Crippen molar-refractivity contribution >= 4 is 29.2 Å². The molecule has 0 aliphatic heterocycles. The minimum Gasteiger partial charge on any atom is -0.430 e. The Bertz CT molecular complexity index is 665. The number of thiazole rings is 1. The quantitative estimate of drug-likeness (QED) is 0.805. The number of carbonyl (C=O) groups excluding carboxylic acids is 1. The molecular formula is C13H9ClN2O2S. The molecule has 0 aliphatic rings. The second-order valence-corrected chi connectivity index (χ2v) is 5.26. The number of hydrogen-bond acceptors (Lipinski definition) is 5. The van der Waals surface area contributed by atoms with Gasteiger partial charge >= 0.3 is 0 Å². The molecule has 6 heteroatoms. The molecule has 1 aromatic carbocycles. The van der Waals surface area contributed by atoms with Gasteiger partial charge in [0.2, 0.25) is 0 Å². The van der Waals surface area contributed by atoms with Crippen molar-refractivity contribution in [3.8, 4) is 17.0 Å². The van der Waals surface area contributed by atoms with Crippen LogP contribution in [0.1, 0.15) is 26.4 Å². The SMILES string of the molecule is Cc1cc(C#N)cc(C)c1Oc1nc(Cl)c(C=O)s1. The van der Waals surface area contributed by atoms with Crippen molar-refractivity contribution in [1.29, 1.82) is 5.26 Å². The van der Waals surface area contributed by atoms with Crippen LogP contribution >= 0.6 is 22.9 Å². The second kappa shape index (κ2) is 5.39. The van der Waals surface area contributed by atoms with Gasteiger partial charge in [0, 0.05) is 0 Å². The zero-order valence-corrected chi connectivity index (χ0v) is 11.8. The van der Waals surface area contributed by atoms with Gasteiger partial charge in [-0.3, -0.25) is 4.79 Å². The average molecular weight is 293 g/mol. The summed E-state index contributed by atoms with van der Waals surface area (Å²) in [6, 6.07) is 5.55. The highest BCUT2D eigenvalue weighted by Crippen LogP contribution is 2.34. The van der Waals surface area contributed by atoms with Crippen molar-refractivity contribution in [2.24, 2.45) is 0 Å². The smallest absolute Gasteiger partial charge is 0.280 e. The topological polar surface area (TPSA) is 63.0 Å². The lowest BCUT2D eigenvalue weighted by molar-refractivity contribution is 0.112. The standard InChI is InChI=1S/C13H9ClN2O2S/c1-7-3-9(5-15)4-8(2)11(7)18-13-16-12(14)10(6-17)19-13/h3-4,6H,1-2H3. The maximum atomic E-state index is 10.7. The zero-order chi connectivity index (χ0) is 14.0. The highest BCUT2D eigenvalue weighted by molar-refractivity contribution is 7.15. The molecule has 4 nitrogen and oxygen atoms in total. The van der Waals surface area contributed by atoms with Gasteiger partial charge in [-0.05, 0) is 37.1 Å². The van der Waals surface area contributed by atoms with Crippen LogP contribution in [0.2, 0.25) is 5.15 Å². The van der Waals surface area contributed by atoms with Crippen molar-refractivity contribution in [1.82, 2.24) is 4.98 Å². The van der Waals surface area contributed by atoms with Crippen molar-refractivity contribution in [2.75, 3.05) is 0 Å². The van der Waals surface area contributed by atoms with Gasteiger partial charge < -0.3 is 4.74 Å². The van der Waals surface area contributed by atoms with E-state index < -0.39 is 0 Å². The molecule has 0 aliphatic carbocycles. The molecule has 1 aromatic heterocycles. The first-order valence-corrected chi connectivity index (χ1v) is 6.55. The van der Waals surface area contributed by atoms with E-state index in [0.717, 1.165) is 22.5 Å². The Morgan fingerprint density at radius 2 is 2.05 bits per heavy atom. The van der Waals surface area contributed by atoms with Crippen molar-refractivity contribution < 1.29 is 9.53 Å². The summed E-state index contributed by atoms with van der Waals surface area (Å²) in [6.07, 6.45) is 0.644. The highest BCUT2D eigenvalue weighted by Gasteiger charge is 2.13. The monoisotopic (exact) mass is 292 g/mol. The Balaban J connectivity index is 2.38. The number of aldehydes is 1. The number of hydrogen-bond donors (Lipinski definition) is 0. The fraction of sp³-hybridized carbons (Fsp3) is 0.154. The van der Waals surface area contributed by atoms with E-state index in [0.29, 0.717) is 27.7 Å². The molecule has 0 atom stereocenters. The second-order valence-electron chi connectivity index (χ2n) is 3.91. The number of halogens is 1. The molecule has 1 heterocycles. The molecule has 0 bridgehead atoms. The summed E-state index contributed by atoms with van der Waals surface area (Å²) < 4.78 is 5.66.